The van der Waals surface area contributed by atoms with Gasteiger partial charge in [-0.25, -0.2) is 14.8 Å². The molecule has 0 atom stereocenters. The van der Waals surface area contributed by atoms with Crippen LogP contribution in [-0.2, 0) is 0 Å². The highest BCUT2D eigenvalue weighted by atomic mass is 16.5. The molecule has 156 valence electrons. The molecule has 2 heterocycles. The van der Waals surface area contributed by atoms with Crippen LogP contribution in [-0.4, -0.2) is 54.3 Å². The Kier molecular flexibility index (Phi) is 5.83. The fourth-order valence-electron chi connectivity index (χ4n) is 3.46. The Bertz CT molecular complexity index is 1030. The Balaban J connectivity index is 1.32. The van der Waals surface area contributed by atoms with E-state index in [9.17, 15) is 4.79 Å². The predicted octanol–water partition coefficient (Wildman–Crippen LogP) is 3.72. The molecule has 1 aromatic heterocycles. The molecule has 4 rings (SSSR count). The smallest absolute Gasteiger partial charge is 0.321 e. The lowest BCUT2D eigenvalue weighted by atomic mass is 10.1. The standard InChI is InChI=1S/C22H24N4O4/c1-28-19-8-7-15(13-20(19)29-2)24-22(27)26-11-9-16(10-12-26)30-21-14-23-17-5-3-4-6-18(17)25-21/h3-8,13-14,16H,9-12H2,1-2H3,(H,24,27). The second-order valence-electron chi connectivity index (χ2n) is 7.00. The molecule has 0 aliphatic carbocycles. The monoisotopic (exact) mass is 408 g/mol. The first-order valence-corrected chi connectivity index (χ1v) is 9.82. The van der Waals surface area contributed by atoms with Gasteiger partial charge in [-0.1, -0.05) is 12.1 Å². The van der Waals surface area contributed by atoms with Crippen molar-refractivity contribution < 1.29 is 19.0 Å². The number of ether oxygens (including phenoxy) is 3. The number of urea groups is 1. The van der Waals surface area contributed by atoms with E-state index < -0.39 is 0 Å². The molecule has 1 fully saturated rings. The molecule has 1 aliphatic rings. The van der Waals surface area contributed by atoms with Gasteiger partial charge in [-0.2, -0.15) is 0 Å². The Morgan fingerprint density at radius 1 is 1.03 bits per heavy atom. The SMILES string of the molecule is COc1ccc(NC(=O)N2CCC(Oc3cnc4ccccc4n3)CC2)cc1OC. The Morgan fingerprint density at radius 2 is 1.77 bits per heavy atom. The summed E-state index contributed by atoms with van der Waals surface area (Å²) in [7, 11) is 3.14. The summed E-state index contributed by atoms with van der Waals surface area (Å²) < 4.78 is 16.5. The summed E-state index contributed by atoms with van der Waals surface area (Å²) >= 11 is 0. The average molecular weight is 408 g/mol. The number of anilines is 1. The second-order valence-corrected chi connectivity index (χ2v) is 7.00. The van der Waals surface area contributed by atoms with Crippen LogP contribution in [0.4, 0.5) is 10.5 Å². The third kappa shape index (κ3) is 4.37. The fraction of sp³-hybridized carbons (Fsp3) is 0.318. The lowest BCUT2D eigenvalue weighted by Crippen LogP contribution is -2.43. The number of nitrogens with zero attached hydrogens (tertiary/aromatic N) is 3. The Labute approximate surface area is 174 Å². The molecule has 1 aliphatic heterocycles. The molecular weight excluding hydrogens is 384 g/mol. The van der Waals surface area contributed by atoms with Gasteiger partial charge in [0.05, 0.1) is 31.4 Å². The van der Waals surface area contributed by atoms with Crippen LogP contribution in [0.3, 0.4) is 0 Å². The van der Waals surface area contributed by atoms with Crippen molar-refractivity contribution in [3.63, 3.8) is 0 Å². The molecule has 1 saturated heterocycles. The average Bonchev–Trinajstić information content (AvgIpc) is 2.79. The summed E-state index contributed by atoms with van der Waals surface area (Å²) in [6.45, 7) is 1.20. The maximum atomic E-state index is 12.6. The van der Waals surface area contributed by atoms with E-state index in [0.717, 1.165) is 23.9 Å². The Morgan fingerprint density at radius 3 is 2.50 bits per heavy atom. The lowest BCUT2D eigenvalue weighted by Gasteiger charge is -2.31. The van der Waals surface area contributed by atoms with E-state index >= 15 is 0 Å². The van der Waals surface area contributed by atoms with Crippen LogP contribution in [0.25, 0.3) is 11.0 Å². The molecule has 0 unspecified atom stereocenters. The molecule has 1 N–H and O–H groups in total. The first-order valence-electron chi connectivity index (χ1n) is 9.82. The number of piperidine rings is 1. The van der Waals surface area contributed by atoms with Crippen molar-refractivity contribution in [2.24, 2.45) is 0 Å². The summed E-state index contributed by atoms with van der Waals surface area (Å²) in [5.74, 6) is 1.70. The molecule has 2 aromatic carbocycles. The maximum absolute atomic E-state index is 12.6. The number of benzene rings is 2. The molecule has 0 radical (unpaired) electrons. The number of methoxy groups -OCH3 is 2. The summed E-state index contributed by atoms with van der Waals surface area (Å²) in [6, 6.07) is 12.8. The van der Waals surface area contributed by atoms with Crippen molar-refractivity contribution in [3.8, 4) is 17.4 Å². The molecule has 30 heavy (non-hydrogen) atoms. The highest BCUT2D eigenvalue weighted by Crippen LogP contribution is 2.30. The maximum Gasteiger partial charge on any atom is 0.321 e. The van der Waals surface area contributed by atoms with E-state index in [2.05, 4.69) is 15.3 Å². The van der Waals surface area contributed by atoms with Crippen molar-refractivity contribution in [2.75, 3.05) is 32.6 Å². The number of rotatable bonds is 5. The minimum absolute atomic E-state index is 0.00518. The molecular formula is C22H24N4O4. The topological polar surface area (TPSA) is 85.8 Å². The molecule has 2 amide bonds. The van der Waals surface area contributed by atoms with Crippen molar-refractivity contribution >= 4 is 22.8 Å². The van der Waals surface area contributed by atoms with E-state index in [1.54, 1.807) is 43.5 Å². The van der Waals surface area contributed by atoms with Crippen molar-refractivity contribution in [3.05, 3.63) is 48.7 Å². The van der Waals surface area contributed by atoms with Gasteiger partial charge in [0, 0.05) is 37.7 Å². The second kappa shape index (κ2) is 8.86. The number of amides is 2. The van der Waals surface area contributed by atoms with Gasteiger partial charge in [-0.3, -0.25) is 0 Å². The first-order chi connectivity index (χ1) is 14.7. The number of carbonyl (C=O) groups is 1. The zero-order valence-corrected chi connectivity index (χ0v) is 17.0. The molecule has 0 spiro atoms. The quantitative estimate of drug-likeness (QED) is 0.693. The summed E-state index contributed by atoms with van der Waals surface area (Å²) in [5.41, 5.74) is 2.30. The number of para-hydroxylation sites is 2. The van der Waals surface area contributed by atoms with Gasteiger partial charge in [-0.15, -0.1) is 0 Å². The molecule has 3 aromatic rings. The number of hydrogen-bond acceptors (Lipinski definition) is 6. The van der Waals surface area contributed by atoms with Crippen LogP contribution in [0.2, 0.25) is 0 Å². The van der Waals surface area contributed by atoms with E-state index in [0.29, 0.717) is 36.2 Å². The van der Waals surface area contributed by atoms with Crippen LogP contribution < -0.4 is 19.5 Å². The van der Waals surface area contributed by atoms with Gasteiger partial charge in [0.1, 0.15) is 6.10 Å². The summed E-state index contributed by atoms with van der Waals surface area (Å²) in [4.78, 5) is 23.3. The van der Waals surface area contributed by atoms with Gasteiger partial charge in [-0.05, 0) is 24.3 Å². The van der Waals surface area contributed by atoms with Gasteiger partial charge >= 0.3 is 6.03 Å². The van der Waals surface area contributed by atoms with Crippen molar-refractivity contribution in [1.82, 2.24) is 14.9 Å². The zero-order valence-electron chi connectivity index (χ0n) is 17.0. The van der Waals surface area contributed by atoms with E-state index in [1.807, 2.05) is 24.3 Å². The third-order valence-electron chi connectivity index (χ3n) is 5.08. The predicted molar refractivity (Wildman–Crippen MR) is 113 cm³/mol. The first kappa shape index (κ1) is 19.8. The minimum atomic E-state index is -0.147. The van der Waals surface area contributed by atoms with Gasteiger partial charge in [0.25, 0.3) is 0 Å². The van der Waals surface area contributed by atoms with E-state index in [1.165, 1.54) is 0 Å². The van der Waals surface area contributed by atoms with Crippen LogP contribution in [0, 0.1) is 0 Å². The van der Waals surface area contributed by atoms with Gasteiger partial charge in [0.15, 0.2) is 11.5 Å². The molecule has 8 heteroatoms. The van der Waals surface area contributed by atoms with Crippen LogP contribution in [0.5, 0.6) is 17.4 Å². The molecule has 0 bridgehead atoms. The van der Waals surface area contributed by atoms with E-state index in [4.69, 9.17) is 14.2 Å². The summed E-state index contributed by atoms with van der Waals surface area (Å²) in [6.07, 6.45) is 3.12. The number of aromatic nitrogens is 2. The highest BCUT2D eigenvalue weighted by Gasteiger charge is 2.24. The van der Waals surface area contributed by atoms with Crippen LogP contribution >= 0.6 is 0 Å². The number of likely N-dealkylation sites (tertiary alicyclic amines) is 1. The lowest BCUT2D eigenvalue weighted by molar-refractivity contribution is 0.111. The minimum Gasteiger partial charge on any atom is -0.493 e. The number of carbonyl (C=O) groups excluding carboxylic acids is 1. The van der Waals surface area contributed by atoms with Crippen LogP contribution in [0.15, 0.2) is 48.7 Å². The Hall–Kier alpha value is -3.55. The fourth-order valence-corrected chi connectivity index (χ4v) is 3.46. The summed E-state index contributed by atoms with van der Waals surface area (Å²) in [5, 5.41) is 2.91. The normalized spacial score (nSPS) is 14.4. The largest absolute Gasteiger partial charge is 0.493 e. The number of fused-ring (bicyclic) bond motifs is 1. The third-order valence-corrected chi connectivity index (χ3v) is 5.08. The molecule has 0 saturated carbocycles. The van der Waals surface area contributed by atoms with Crippen molar-refractivity contribution in [2.45, 2.75) is 18.9 Å². The van der Waals surface area contributed by atoms with Gasteiger partial charge < -0.3 is 24.4 Å². The van der Waals surface area contributed by atoms with Crippen molar-refractivity contribution in [1.29, 1.82) is 0 Å². The zero-order chi connectivity index (χ0) is 20.9. The molecule has 8 nitrogen and oxygen atoms in total. The van der Waals surface area contributed by atoms with Gasteiger partial charge in [0.2, 0.25) is 5.88 Å². The highest BCUT2D eigenvalue weighted by molar-refractivity contribution is 5.89. The van der Waals surface area contributed by atoms with Crippen LogP contribution in [0.1, 0.15) is 12.8 Å². The van der Waals surface area contributed by atoms with E-state index in [-0.39, 0.29) is 12.1 Å². The number of hydrogen-bond donors (Lipinski definition) is 1. The number of nitrogens with one attached hydrogen (secondary N) is 1.